The van der Waals surface area contributed by atoms with Crippen molar-refractivity contribution < 1.29 is 9.59 Å². The first-order valence-corrected chi connectivity index (χ1v) is 9.62. The van der Waals surface area contributed by atoms with Gasteiger partial charge in [0.2, 0.25) is 0 Å². The lowest BCUT2D eigenvalue weighted by molar-refractivity contribution is 0.0944. The number of aromatic nitrogens is 1. The highest BCUT2D eigenvalue weighted by Gasteiger charge is 2.17. The van der Waals surface area contributed by atoms with Gasteiger partial charge >= 0.3 is 0 Å². The van der Waals surface area contributed by atoms with Gasteiger partial charge in [0, 0.05) is 22.0 Å². The number of amides is 2. The van der Waals surface area contributed by atoms with E-state index in [-0.39, 0.29) is 23.6 Å². The number of hydrogen-bond acceptors (Lipinski definition) is 4. The van der Waals surface area contributed by atoms with E-state index >= 15 is 0 Å². The molecule has 3 aromatic rings. The molecule has 0 aliphatic heterocycles. The number of nitrogens with zero attached hydrogens (tertiary/aromatic N) is 1. The van der Waals surface area contributed by atoms with Gasteiger partial charge in [-0.1, -0.05) is 35.9 Å². The number of halogens is 1. The van der Waals surface area contributed by atoms with Gasteiger partial charge < -0.3 is 10.6 Å². The Hall–Kier alpha value is -2.70. The molecule has 3 rings (SSSR count). The Bertz CT molecular complexity index is 985. The Balaban J connectivity index is 1.80. The van der Waals surface area contributed by atoms with E-state index < -0.39 is 0 Å². The fourth-order valence-electron chi connectivity index (χ4n) is 2.45. The zero-order valence-electron chi connectivity index (χ0n) is 14.8. The predicted octanol–water partition coefficient (Wildman–Crippen LogP) is 4.85. The number of nitrogens with one attached hydrogen (secondary N) is 2. The van der Waals surface area contributed by atoms with Gasteiger partial charge in [-0.15, -0.1) is 11.3 Å². The molecule has 0 unspecified atom stereocenters. The van der Waals surface area contributed by atoms with Crippen LogP contribution in [0.25, 0.3) is 10.6 Å². The third-order valence-corrected chi connectivity index (χ3v) is 4.77. The van der Waals surface area contributed by atoms with Crippen LogP contribution in [-0.4, -0.2) is 22.8 Å². The zero-order chi connectivity index (χ0) is 19.4. The fourth-order valence-corrected chi connectivity index (χ4v) is 3.44. The van der Waals surface area contributed by atoms with Gasteiger partial charge in [0.15, 0.2) is 0 Å². The number of hydrogen-bond donors (Lipinski definition) is 2. The molecule has 0 saturated carbocycles. The van der Waals surface area contributed by atoms with Crippen molar-refractivity contribution in [3.8, 4) is 10.6 Å². The minimum atomic E-state index is -0.371. The first-order chi connectivity index (χ1) is 12.9. The molecule has 0 aliphatic carbocycles. The number of rotatable bonds is 5. The standard InChI is InChI=1S/C20H18ClN3O2S/c1-12(2)22-18(25)15-8-3-4-9-16(15)23-19(26)17-11-27-20(24-17)13-6-5-7-14(21)10-13/h3-12H,1-2H3,(H,22,25)(H,23,26). The van der Waals surface area contributed by atoms with E-state index in [2.05, 4.69) is 15.6 Å². The van der Waals surface area contributed by atoms with Crippen molar-refractivity contribution in [1.82, 2.24) is 10.3 Å². The number of thiazole rings is 1. The average molecular weight is 400 g/mol. The maximum atomic E-state index is 12.6. The van der Waals surface area contributed by atoms with E-state index in [1.165, 1.54) is 11.3 Å². The summed E-state index contributed by atoms with van der Waals surface area (Å²) in [6.45, 7) is 3.76. The van der Waals surface area contributed by atoms with Crippen LogP contribution in [-0.2, 0) is 0 Å². The summed E-state index contributed by atoms with van der Waals surface area (Å²) >= 11 is 7.37. The molecule has 7 heteroatoms. The lowest BCUT2D eigenvalue weighted by Gasteiger charge is -2.12. The largest absolute Gasteiger partial charge is 0.350 e. The van der Waals surface area contributed by atoms with Crippen molar-refractivity contribution in [2.24, 2.45) is 0 Å². The van der Waals surface area contributed by atoms with Crippen molar-refractivity contribution in [3.63, 3.8) is 0 Å². The first kappa shape index (κ1) is 19.1. The number of carbonyl (C=O) groups is 2. The minimum Gasteiger partial charge on any atom is -0.350 e. The SMILES string of the molecule is CC(C)NC(=O)c1ccccc1NC(=O)c1csc(-c2cccc(Cl)c2)n1. The van der Waals surface area contributed by atoms with Gasteiger partial charge in [-0.05, 0) is 38.1 Å². The Kier molecular flexibility index (Phi) is 5.88. The highest BCUT2D eigenvalue weighted by molar-refractivity contribution is 7.13. The van der Waals surface area contributed by atoms with Crippen LogP contribution in [0.15, 0.2) is 53.9 Å². The fraction of sp³-hybridized carbons (Fsp3) is 0.150. The van der Waals surface area contributed by atoms with Gasteiger partial charge in [-0.3, -0.25) is 9.59 Å². The second-order valence-corrected chi connectivity index (χ2v) is 7.47. The van der Waals surface area contributed by atoms with Crippen LogP contribution in [0.2, 0.25) is 5.02 Å². The monoisotopic (exact) mass is 399 g/mol. The first-order valence-electron chi connectivity index (χ1n) is 8.37. The molecule has 138 valence electrons. The molecule has 0 spiro atoms. The van der Waals surface area contributed by atoms with E-state index in [4.69, 9.17) is 11.6 Å². The Morgan fingerprint density at radius 1 is 1.07 bits per heavy atom. The maximum Gasteiger partial charge on any atom is 0.275 e. The Labute approximate surface area is 166 Å². The molecule has 0 bridgehead atoms. The molecule has 0 aliphatic rings. The summed E-state index contributed by atoms with van der Waals surface area (Å²) in [6.07, 6.45) is 0. The van der Waals surface area contributed by atoms with Crippen molar-refractivity contribution >= 4 is 40.4 Å². The van der Waals surface area contributed by atoms with Crippen LogP contribution in [0, 0.1) is 0 Å². The van der Waals surface area contributed by atoms with Gasteiger partial charge in [-0.25, -0.2) is 4.98 Å². The third kappa shape index (κ3) is 4.72. The quantitative estimate of drug-likeness (QED) is 0.643. The predicted molar refractivity (Wildman–Crippen MR) is 110 cm³/mol. The number of carbonyl (C=O) groups excluding carboxylic acids is 2. The number of para-hydroxylation sites is 1. The lowest BCUT2D eigenvalue weighted by atomic mass is 10.1. The second kappa shape index (κ2) is 8.33. The lowest BCUT2D eigenvalue weighted by Crippen LogP contribution is -2.31. The summed E-state index contributed by atoms with van der Waals surface area (Å²) in [5, 5.41) is 8.60. The van der Waals surface area contributed by atoms with Gasteiger partial charge in [0.05, 0.1) is 11.3 Å². The van der Waals surface area contributed by atoms with Crippen LogP contribution in [0.5, 0.6) is 0 Å². The molecule has 2 amide bonds. The van der Waals surface area contributed by atoms with E-state index in [0.29, 0.717) is 21.3 Å². The molecule has 1 heterocycles. The van der Waals surface area contributed by atoms with Gasteiger partial charge in [0.1, 0.15) is 10.7 Å². The molecular formula is C20H18ClN3O2S. The Morgan fingerprint density at radius 2 is 1.85 bits per heavy atom. The highest BCUT2D eigenvalue weighted by atomic mass is 35.5. The third-order valence-electron chi connectivity index (χ3n) is 3.65. The van der Waals surface area contributed by atoms with Crippen LogP contribution in [0.3, 0.4) is 0 Å². The molecule has 2 N–H and O–H groups in total. The molecule has 0 atom stereocenters. The van der Waals surface area contributed by atoms with E-state index in [0.717, 1.165) is 5.56 Å². The van der Waals surface area contributed by atoms with Gasteiger partial charge in [0.25, 0.3) is 11.8 Å². The summed E-state index contributed by atoms with van der Waals surface area (Å²) in [5.41, 5.74) is 1.99. The molecule has 0 radical (unpaired) electrons. The second-order valence-electron chi connectivity index (χ2n) is 6.18. The van der Waals surface area contributed by atoms with Crippen molar-refractivity contribution in [2.45, 2.75) is 19.9 Å². The van der Waals surface area contributed by atoms with E-state index in [9.17, 15) is 9.59 Å². The molecule has 0 fully saturated rings. The Morgan fingerprint density at radius 3 is 2.59 bits per heavy atom. The summed E-state index contributed by atoms with van der Waals surface area (Å²) in [5.74, 6) is -0.608. The van der Waals surface area contributed by atoms with Crippen LogP contribution in [0.4, 0.5) is 5.69 Å². The molecule has 1 aromatic heterocycles. The smallest absolute Gasteiger partial charge is 0.275 e. The van der Waals surface area contributed by atoms with E-state index in [1.807, 2.05) is 26.0 Å². The van der Waals surface area contributed by atoms with E-state index in [1.54, 1.807) is 41.8 Å². The summed E-state index contributed by atoms with van der Waals surface area (Å²) < 4.78 is 0. The zero-order valence-corrected chi connectivity index (χ0v) is 16.4. The topological polar surface area (TPSA) is 71.1 Å². The summed E-state index contributed by atoms with van der Waals surface area (Å²) in [7, 11) is 0. The van der Waals surface area contributed by atoms with Gasteiger partial charge in [-0.2, -0.15) is 0 Å². The van der Waals surface area contributed by atoms with Crippen LogP contribution >= 0.6 is 22.9 Å². The van der Waals surface area contributed by atoms with Crippen molar-refractivity contribution in [1.29, 1.82) is 0 Å². The van der Waals surface area contributed by atoms with Crippen LogP contribution in [0.1, 0.15) is 34.7 Å². The number of benzene rings is 2. The number of anilines is 1. The molecular weight excluding hydrogens is 382 g/mol. The minimum absolute atomic E-state index is 0.0000488. The molecule has 27 heavy (non-hydrogen) atoms. The molecule has 0 saturated heterocycles. The molecule has 2 aromatic carbocycles. The average Bonchev–Trinajstić information content (AvgIpc) is 3.12. The van der Waals surface area contributed by atoms with Crippen molar-refractivity contribution in [2.75, 3.05) is 5.32 Å². The summed E-state index contributed by atoms with van der Waals surface area (Å²) in [6, 6.07) is 14.2. The highest BCUT2D eigenvalue weighted by Crippen LogP contribution is 2.26. The summed E-state index contributed by atoms with van der Waals surface area (Å²) in [4.78, 5) is 29.3. The molecule has 5 nitrogen and oxygen atoms in total. The maximum absolute atomic E-state index is 12.6. The normalized spacial score (nSPS) is 10.7. The van der Waals surface area contributed by atoms with Crippen molar-refractivity contribution in [3.05, 3.63) is 70.2 Å². The van der Waals surface area contributed by atoms with Crippen LogP contribution < -0.4 is 10.6 Å².